The Morgan fingerprint density at radius 3 is 2.63 bits per heavy atom. The summed E-state index contributed by atoms with van der Waals surface area (Å²) in [5.74, 6) is 0. The van der Waals surface area contributed by atoms with E-state index in [2.05, 4.69) is 52.0 Å². The molecule has 0 spiro atoms. The maximum absolute atomic E-state index is 6.08. The van der Waals surface area contributed by atoms with Gasteiger partial charge in [0, 0.05) is 23.1 Å². The Kier molecular flexibility index (Phi) is 5.86. The highest BCUT2D eigenvalue weighted by Gasteiger charge is 2.26. The second-order valence-corrected chi connectivity index (χ2v) is 6.34. The van der Waals surface area contributed by atoms with Gasteiger partial charge in [-0.3, -0.25) is 4.90 Å². The second kappa shape index (κ2) is 7.41. The van der Waals surface area contributed by atoms with Crippen molar-refractivity contribution in [1.29, 1.82) is 0 Å². The topological polar surface area (TPSA) is 29.3 Å². The average Bonchev–Trinajstić information content (AvgIpc) is 2.45. The molecule has 1 saturated carbocycles. The molecule has 1 aromatic carbocycles. The number of hydrogen-bond donors (Lipinski definition) is 1. The molecule has 2 nitrogen and oxygen atoms in total. The second-order valence-electron chi connectivity index (χ2n) is 5.43. The average molecular weight is 325 g/mol. The molecule has 19 heavy (non-hydrogen) atoms. The molecule has 0 bridgehead atoms. The molecule has 1 aliphatic rings. The molecule has 2 N–H and O–H groups in total. The smallest absolute Gasteiger partial charge is 0.0473 e. The normalized spacial score (nSPS) is 18.7. The van der Waals surface area contributed by atoms with E-state index in [9.17, 15) is 0 Å². The SMILES string of the molecule is CCN(C1CCCCC1)C(CN)c1cccc(Br)c1. The molecule has 2 rings (SSSR count). The zero-order chi connectivity index (χ0) is 13.7. The lowest BCUT2D eigenvalue weighted by Gasteiger charge is -2.39. The summed E-state index contributed by atoms with van der Waals surface area (Å²) in [6, 6.07) is 9.67. The molecule has 0 saturated heterocycles. The van der Waals surface area contributed by atoms with Gasteiger partial charge >= 0.3 is 0 Å². The van der Waals surface area contributed by atoms with Gasteiger partial charge in [0.2, 0.25) is 0 Å². The number of nitrogens with two attached hydrogens (primary N) is 1. The number of nitrogens with zero attached hydrogens (tertiary/aromatic N) is 1. The van der Waals surface area contributed by atoms with Gasteiger partial charge in [0.15, 0.2) is 0 Å². The molecule has 1 aromatic rings. The van der Waals surface area contributed by atoms with Gasteiger partial charge in [0.25, 0.3) is 0 Å². The van der Waals surface area contributed by atoms with Gasteiger partial charge < -0.3 is 5.73 Å². The lowest BCUT2D eigenvalue weighted by molar-refractivity contribution is 0.114. The zero-order valence-electron chi connectivity index (χ0n) is 11.8. The summed E-state index contributed by atoms with van der Waals surface area (Å²) in [6.45, 7) is 4.04. The molecule has 0 amide bonds. The van der Waals surface area contributed by atoms with Crippen LogP contribution in [0.4, 0.5) is 0 Å². The molecular formula is C16H25BrN2. The van der Waals surface area contributed by atoms with Crippen LogP contribution in [0.1, 0.15) is 50.6 Å². The predicted octanol–water partition coefficient (Wildman–Crippen LogP) is 4.10. The van der Waals surface area contributed by atoms with Crippen molar-refractivity contribution in [2.45, 2.75) is 51.1 Å². The molecular weight excluding hydrogens is 300 g/mol. The molecule has 0 aliphatic heterocycles. The Labute approximate surface area is 125 Å². The van der Waals surface area contributed by atoms with Gasteiger partial charge in [-0.15, -0.1) is 0 Å². The molecule has 0 aromatic heterocycles. The Hall–Kier alpha value is -0.380. The molecule has 1 atom stereocenters. The third-order valence-corrected chi connectivity index (χ3v) is 4.76. The lowest BCUT2D eigenvalue weighted by atomic mass is 9.92. The van der Waals surface area contributed by atoms with Crippen molar-refractivity contribution in [2.24, 2.45) is 5.73 Å². The van der Waals surface area contributed by atoms with Gasteiger partial charge in [-0.05, 0) is 37.1 Å². The predicted molar refractivity (Wildman–Crippen MR) is 85.2 cm³/mol. The zero-order valence-corrected chi connectivity index (χ0v) is 13.4. The van der Waals surface area contributed by atoms with Crippen molar-refractivity contribution < 1.29 is 0 Å². The fraction of sp³-hybridized carbons (Fsp3) is 0.625. The van der Waals surface area contributed by atoms with E-state index >= 15 is 0 Å². The summed E-state index contributed by atoms with van der Waals surface area (Å²) in [7, 11) is 0. The maximum atomic E-state index is 6.08. The van der Waals surface area contributed by atoms with Crippen molar-refractivity contribution in [3.63, 3.8) is 0 Å². The van der Waals surface area contributed by atoms with E-state index in [0.29, 0.717) is 18.6 Å². The largest absolute Gasteiger partial charge is 0.329 e. The molecule has 106 valence electrons. The minimum Gasteiger partial charge on any atom is -0.329 e. The van der Waals surface area contributed by atoms with Crippen LogP contribution in [-0.2, 0) is 0 Å². The van der Waals surface area contributed by atoms with Crippen molar-refractivity contribution >= 4 is 15.9 Å². The summed E-state index contributed by atoms with van der Waals surface area (Å²) in [5.41, 5.74) is 7.42. The highest BCUT2D eigenvalue weighted by Crippen LogP contribution is 2.30. The minimum atomic E-state index is 0.352. The lowest BCUT2D eigenvalue weighted by Crippen LogP contribution is -2.42. The summed E-state index contributed by atoms with van der Waals surface area (Å²) < 4.78 is 1.14. The van der Waals surface area contributed by atoms with Crippen molar-refractivity contribution in [3.05, 3.63) is 34.3 Å². The maximum Gasteiger partial charge on any atom is 0.0473 e. The van der Waals surface area contributed by atoms with E-state index in [4.69, 9.17) is 5.73 Å². The number of hydrogen-bond acceptors (Lipinski definition) is 2. The Morgan fingerprint density at radius 2 is 2.05 bits per heavy atom. The molecule has 0 heterocycles. The summed E-state index contributed by atoms with van der Waals surface area (Å²) in [6.07, 6.45) is 6.81. The van der Waals surface area contributed by atoms with Crippen LogP contribution in [0.15, 0.2) is 28.7 Å². The number of rotatable bonds is 5. The van der Waals surface area contributed by atoms with E-state index in [1.54, 1.807) is 0 Å². The van der Waals surface area contributed by atoms with Crippen LogP contribution in [0.2, 0.25) is 0 Å². The number of halogens is 1. The number of benzene rings is 1. The third-order valence-electron chi connectivity index (χ3n) is 4.27. The first-order chi connectivity index (χ1) is 9.26. The van der Waals surface area contributed by atoms with Crippen molar-refractivity contribution in [3.8, 4) is 0 Å². The van der Waals surface area contributed by atoms with Crippen LogP contribution >= 0.6 is 15.9 Å². The summed E-state index contributed by atoms with van der Waals surface area (Å²) >= 11 is 3.57. The fourth-order valence-electron chi connectivity index (χ4n) is 3.32. The van der Waals surface area contributed by atoms with Crippen LogP contribution in [-0.4, -0.2) is 24.0 Å². The quantitative estimate of drug-likeness (QED) is 0.883. The van der Waals surface area contributed by atoms with Crippen molar-refractivity contribution in [2.75, 3.05) is 13.1 Å². The first kappa shape index (κ1) is 15.0. The van der Waals surface area contributed by atoms with Gasteiger partial charge in [0.1, 0.15) is 0 Å². The van der Waals surface area contributed by atoms with E-state index in [1.165, 1.54) is 37.7 Å². The standard InChI is InChI=1S/C16H25BrN2/c1-2-19(15-9-4-3-5-10-15)16(12-18)13-7-6-8-14(17)11-13/h6-8,11,15-16H,2-5,9-10,12,18H2,1H3. The monoisotopic (exact) mass is 324 g/mol. The molecule has 0 radical (unpaired) electrons. The first-order valence-electron chi connectivity index (χ1n) is 7.47. The third kappa shape index (κ3) is 3.80. The molecule has 1 fully saturated rings. The summed E-state index contributed by atoms with van der Waals surface area (Å²) in [4.78, 5) is 2.61. The molecule has 1 unspecified atom stereocenters. The van der Waals surface area contributed by atoms with Gasteiger partial charge in [-0.2, -0.15) is 0 Å². The van der Waals surface area contributed by atoms with Crippen LogP contribution in [0.3, 0.4) is 0 Å². The van der Waals surface area contributed by atoms with Gasteiger partial charge in [0.05, 0.1) is 0 Å². The Balaban J connectivity index is 2.17. The minimum absolute atomic E-state index is 0.352. The summed E-state index contributed by atoms with van der Waals surface area (Å²) in [5, 5.41) is 0. The van der Waals surface area contributed by atoms with Crippen LogP contribution in [0.25, 0.3) is 0 Å². The highest BCUT2D eigenvalue weighted by molar-refractivity contribution is 9.10. The van der Waals surface area contributed by atoms with Gasteiger partial charge in [-0.1, -0.05) is 54.2 Å². The highest BCUT2D eigenvalue weighted by atomic mass is 79.9. The van der Waals surface area contributed by atoms with E-state index < -0.39 is 0 Å². The first-order valence-corrected chi connectivity index (χ1v) is 8.26. The van der Waals surface area contributed by atoms with E-state index in [1.807, 2.05) is 0 Å². The van der Waals surface area contributed by atoms with Crippen LogP contribution in [0.5, 0.6) is 0 Å². The van der Waals surface area contributed by atoms with E-state index in [-0.39, 0.29) is 0 Å². The fourth-order valence-corrected chi connectivity index (χ4v) is 3.74. The Bertz CT molecular complexity index is 388. The van der Waals surface area contributed by atoms with E-state index in [0.717, 1.165) is 11.0 Å². The molecule has 3 heteroatoms. The van der Waals surface area contributed by atoms with Crippen molar-refractivity contribution in [1.82, 2.24) is 4.90 Å². The van der Waals surface area contributed by atoms with Crippen LogP contribution in [0, 0.1) is 0 Å². The van der Waals surface area contributed by atoms with Gasteiger partial charge in [-0.25, -0.2) is 0 Å². The van der Waals surface area contributed by atoms with Crippen LogP contribution < -0.4 is 5.73 Å². The molecule has 1 aliphatic carbocycles. The Morgan fingerprint density at radius 1 is 1.32 bits per heavy atom. The number of likely N-dealkylation sites (N-methyl/N-ethyl adjacent to an activating group) is 1.